The third-order valence-electron chi connectivity index (χ3n) is 2.47. The Labute approximate surface area is 93.9 Å². The highest BCUT2D eigenvalue weighted by molar-refractivity contribution is 6.30. The molecule has 15 heavy (non-hydrogen) atoms. The van der Waals surface area contributed by atoms with Crippen LogP contribution in [0.2, 0.25) is 5.02 Å². The Kier molecular flexibility index (Phi) is 3.72. The van der Waals surface area contributed by atoms with Crippen LogP contribution in [0.5, 0.6) is 0 Å². The van der Waals surface area contributed by atoms with Crippen molar-refractivity contribution in [2.75, 3.05) is 6.54 Å². The predicted molar refractivity (Wildman–Crippen MR) is 60.0 cm³/mol. The summed E-state index contributed by atoms with van der Waals surface area (Å²) in [6.45, 7) is 1.76. The molecule has 0 heterocycles. The number of aliphatic carboxylic acids is 1. The molecule has 82 valence electrons. The molecule has 3 N–H and O–H groups in total. The Bertz CT molecular complexity index is 350. The lowest BCUT2D eigenvalue weighted by atomic mass is 9.84. The van der Waals surface area contributed by atoms with Crippen molar-refractivity contribution >= 4 is 17.6 Å². The highest BCUT2D eigenvalue weighted by Crippen LogP contribution is 2.22. The first-order chi connectivity index (χ1) is 6.98. The molecule has 0 aliphatic carbocycles. The molecule has 0 bridgehead atoms. The molecule has 0 fully saturated rings. The van der Waals surface area contributed by atoms with Crippen molar-refractivity contribution in [1.82, 2.24) is 0 Å². The van der Waals surface area contributed by atoms with Crippen LogP contribution < -0.4 is 5.73 Å². The minimum Gasteiger partial charge on any atom is -0.481 e. The molecule has 0 saturated heterocycles. The van der Waals surface area contributed by atoms with E-state index >= 15 is 0 Å². The number of carbonyl (C=O) groups is 1. The Hall–Kier alpha value is -1.06. The van der Waals surface area contributed by atoms with E-state index in [1.54, 1.807) is 19.1 Å². The van der Waals surface area contributed by atoms with Crippen LogP contribution >= 0.6 is 11.6 Å². The van der Waals surface area contributed by atoms with E-state index in [-0.39, 0.29) is 6.54 Å². The molecular formula is C11H14ClNO2. The first-order valence-corrected chi connectivity index (χ1v) is 5.03. The lowest BCUT2D eigenvalue weighted by Gasteiger charge is -2.22. The van der Waals surface area contributed by atoms with Crippen molar-refractivity contribution in [3.8, 4) is 0 Å². The van der Waals surface area contributed by atoms with E-state index in [4.69, 9.17) is 22.4 Å². The van der Waals surface area contributed by atoms with Crippen LogP contribution in [-0.2, 0) is 11.2 Å². The average Bonchev–Trinajstić information content (AvgIpc) is 2.21. The van der Waals surface area contributed by atoms with Gasteiger partial charge in [-0.1, -0.05) is 23.7 Å². The minimum atomic E-state index is -0.909. The largest absolute Gasteiger partial charge is 0.481 e. The smallest absolute Gasteiger partial charge is 0.310 e. The molecule has 0 aliphatic rings. The Morgan fingerprint density at radius 1 is 1.47 bits per heavy atom. The van der Waals surface area contributed by atoms with Crippen LogP contribution in [-0.4, -0.2) is 17.6 Å². The number of nitrogens with two attached hydrogens (primary N) is 1. The van der Waals surface area contributed by atoms with Crippen LogP contribution in [0.4, 0.5) is 0 Å². The molecule has 0 radical (unpaired) electrons. The fourth-order valence-corrected chi connectivity index (χ4v) is 1.41. The van der Waals surface area contributed by atoms with E-state index in [0.29, 0.717) is 11.4 Å². The van der Waals surface area contributed by atoms with Gasteiger partial charge in [-0.15, -0.1) is 0 Å². The number of hydrogen-bond donors (Lipinski definition) is 2. The second-order valence-electron chi connectivity index (χ2n) is 3.87. The predicted octanol–water partition coefficient (Wildman–Crippen LogP) is 1.93. The molecule has 0 amide bonds. The lowest BCUT2D eigenvalue weighted by molar-refractivity contribution is -0.147. The zero-order chi connectivity index (χ0) is 11.5. The van der Waals surface area contributed by atoms with Crippen molar-refractivity contribution in [1.29, 1.82) is 0 Å². The average molecular weight is 228 g/mol. The van der Waals surface area contributed by atoms with Crippen LogP contribution in [0.3, 0.4) is 0 Å². The maximum atomic E-state index is 11.0. The summed E-state index contributed by atoms with van der Waals surface area (Å²) in [5, 5.41) is 9.68. The van der Waals surface area contributed by atoms with Gasteiger partial charge in [-0.25, -0.2) is 0 Å². The normalized spacial score (nSPS) is 14.6. The summed E-state index contributed by atoms with van der Waals surface area (Å²) in [6.07, 6.45) is 0.413. The number of rotatable bonds is 4. The summed E-state index contributed by atoms with van der Waals surface area (Å²) in [4.78, 5) is 11.0. The Morgan fingerprint density at radius 3 is 2.40 bits per heavy atom. The van der Waals surface area contributed by atoms with E-state index in [0.717, 1.165) is 5.56 Å². The molecule has 0 saturated carbocycles. The molecule has 1 unspecified atom stereocenters. The highest BCUT2D eigenvalue weighted by atomic mass is 35.5. The topological polar surface area (TPSA) is 63.3 Å². The molecule has 0 aliphatic heterocycles. The maximum absolute atomic E-state index is 11.0. The van der Waals surface area contributed by atoms with Crippen LogP contribution in [0.1, 0.15) is 12.5 Å². The van der Waals surface area contributed by atoms with E-state index < -0.39 is 11.4 Å². The summed E-state index contributed by atoms with van der Waals surface area (Å²) >= 11 is 5.74. The highest BCUT2D eigenvalue weighted by Gasteiger charge is 2.31. The molecular weight excluding hydrogens is 214 g/mol. The monoisotopic (exact) mass is 227 g/mol. The summed E-state index contributed by atoms with van der Waals surface area (Å²) in [5.74, 6) is -0.875. The fraction of sp³-hybridized carbons (Fsp3) is 0.364. The minimum absolute atomic E-state index is 0.116. The summed E-state index contributed by atoms with van der Waals surface area (Å²) in [6, 6.07) is 7.13. The van der Waals surface area contributed by atoms with Gasteiger partial charge in [-0.3, -0.25) is 4.79 Å². The molecule has 1 rings (SSSR count). The van der Waals surface area contributed by atoms with E-state index in [1.807, 2.05) is 12.1 Å². The van der Waals surface area contributed by atoms with Gasteiger partial charge in [-0.2, -0.15) is 0 Å². The van der Waals surface area contributed by atoms with E-state index in [9.17, 15) is 4.79 Å². The van der Waals surface area contributed by atoms with Gasteiger partial charge in [0.2, 0.25) is 0 Å². The van der Waals surface area contributed by atoms with Crippen molar-refractivity contribution in [2.45, 2.75) is 13.3 Å². The van der Waals surface area contributed by atoms with Gasteiger partial charge in [0, 0.05) is 11.6 Å². The fourth-order valence-electron chi connectivity index (χ4n) is 1.29. The van der Waals surface area contributed by atoms with Gasteiger partial charge in [0.05, 0.1) is 5.41 Å². The molecule has 0 spiro atoms. The van der Waals surface area contributed by atoms with Gasteiger partial charge in [-0.05, 0) is 31.0 Å². The third kappa shape index (κ3) is 2.94. The second-order valence-corrected chi connectivity index (χ2v) is 4.31. The van der Waals surface area contributed by atoms with Gasteiger partial charge in [0.15, 0.2) is 0 Å². The molecule has 0 aromatic heterocycles. The summed E-state index contributed by atoms with van der Waals surface area (Å²) < 4.78 is 0. The van der Waals surface area contributed by atoms with Crippen molar-refractivity contribution in [2.24, 2.45) is 11.1 Å². The molecule has 1 aromatic carbocycles. The van der Waals surface area contributed by atoms with E-state index in [2.05, 4.69) is 0 Å². The number of carboxylic acid groups (broad SMARTS) is 1. The number of hydrogen-bond acceptors (Lipinski definition) is 2. The summed E-state index contributed by atoms with van der Waals surface area (Å²) in [5.41, 5.74) is 5.50. The molecule has 3 nitrogen and oxygen atoms in total. The number of benzene rings is 1. The molecule has 1 aromatic rings. The van der Waals surface area contributed by atoms with Gasteiger partial charge < -0.3 is 10.8 Å². The third-order valence-corrected chi connectivity index (χ3v) is 2.73. The quantitative estimate of drug-likeness (QED) is 0.826. The van der Waals surface area contributed by atoms with E-state index in [1.165, 1.54) is 0 Å². The zero-order valence-electron chi connectivity index (χ0n) is 8.53. The van der Waals surface area contributed by atoms with Gasteiger partial charge in [0.1, 0.15) is 0 Å². The second kappa shape index (κ2) is 4.64. The maximum Gasteiger partial charge on any atom is 0.310 e. The van der Waals surface area contributed by atoms with Crippen molar-refractivity contribution in [3.05, 3.63) is 34.9 Å². The van der Waals surface area contributed by atoms with Gasteiger partial charge >= 0.3 is 5.97 Å². The first-order valence-electron chi connectivity index (χ1n) is 4.66. The SMILES string of the molecule is CC(CN)(Cc1ccc(Cl)cc1)C(=O)O. The number of halogens is 1. The number of carboxylic acids is 1. The Morgan fingerprint density at radius 2 is 2.00 bits per heavy atom. The molecule has 1 atom stereocenters. The Balaban J connectivity index is 2.84. The zero-order valence-corrected chi connectivity index (χ0v) is 9.29. The molecule has 4 heteroatoms. The van der Waals surface area contributed by atoms with Crippen LogP contribution in [0.15, 0.2) is 24.3 Å². The van der Waals surface area contributed by atoms with Crippen molar-refractivity contribution < 1.29 is 9.90 Å². The van der Waals surface area contributed by atoms with Gasteiger partial charge in [0.25, 0.3) is 0 Å². The standard InChI is InChI=1S/C11H14ClNO2/c1-11(7-13,10(14)15)6-8-2-4-9(12)5-3-8/h2-5H,6-7,13H2,1H3,(H,14,15). The lowest BCUT2D eigenvalue weighted by Crippen LogP contribution is -2.37. The van der Waals surface area contributed by atoms with Crippen LogP contribution in [0, 0.1) is 5.41 Å². The van der Waals surface area contributed by atoms with Crippen LogP contribution in [0.25, 0.3) is 0 Å². The van der Waals surface area contributed by atoms with Crippen molar-refractivity contribution in [3.63, 3.8) is 0 Å². The first kappa shape index (κ1) is 12.0. The summed E-state index contributed by atoms with van der Waals surface area (Å²) in [7, 11) is 0.